The van der Waals surface area contributed by atoms with E-state index in [0.29, 0.717) is 17.9 Å². The Labute approximate surface area is 95.9 Å². The second kappa shape index (κ2) is 6.38. The van der Waals surface area contributed by atoms with Gasteiger partial charge >= 0.3 is 0 Å². The molecule has 0 saturated heterocycles. The highest BCUT2D eigenvalue weighted by Gasteiger charge is 2.08. The molecule has 0 bridgehead atoms. The van der Waals surface area contributed by atoms with Crippen LogP contribution in [0.15, 0.2) is 24.3 Å². The summed E-state index contributed by atoms with van der Waals surface area (Å²) in [6.45, 7) is 3.02. The number of nitrogens with one attached hydrogen (secondary N) is 1. The van der Waals surface area contributed by atoms with Gasteiger partial charge in [0.25, 0.3) is 0 Å². The van der Waals surface area contributed by atoms with Gasteiger partial charge in [0, 0.05) is 12.0 Å². The van der Waals surface area contributed by atoms with Gasteiger partial charge in [0.15, 0.2) is 5.78 Å². The van der Waals surface area contributed by atoms with E-state index in [-0.39, 0.29) is 11.6 Å². The number of carbonyl (C=O) groups is 1. The van der Waals surface area contributed by atoms with E-state index >= 15 is 0 Å². The molecule has 0 spiro atoms. The zero-order valence-corrected chi connectivity index (χ0v) is 9.79. The summed E-state index contributed by atoms with van der Waals surface area (Å²) >= 11 is 0. The fraction of sp³-hybridized carbons (Fsp3) is 0.462. The Balaban J connectivity index is 2.43. The largest absolute Gasteiger partial charge is 0.319 e. The number of rotatable bonds is 6. The Morgan fingerprint density at radius 1 is 1.38 bits per heavy atom. The lowest BCUT2D eigenvalue weighted by molar-refractivity contribution is 0.0974. The van der Waals surface area contributed by atoms with Gasteiger partial charge in [0.05, 0.1) is 0 Å². The molecule has 1 aromatic rings. The minimum Gasteiger partial charge on any atom is -0.319 e. The third kappa shape index (κ3) is 4.11. The van der Waals surface area contributed by atoms with Crippen LogP contribution in [0, 0.1) is 11.7 Å². The molecule has 0 amide bonds. The molecule has 0 aliphatic heterocycles. The van der Waals surface area contributed by atoms with Gasteiger partial charge in [-0.05, 0) is 50.2 Å². The zero-order chi connectivity index (χ0) is 12.0. The fourth-order valence-electron chi connectivity index (χ4n) is 1.61. The van der Waals surface area contributed by atoms with Crippen LogP contribution in [0.3, 0.4) is 0 Å². The first kappa shape index (κ1) is 12.8. The van der Waals surface area contributed by atoms with Crippen LogP contribution in [-0.2, 0) is 0 Å². The van der Waals surface area contributed by atoms with E-state index in [2.05, 4.69) is 12.2 Å². The Hall–Kier alpha value is -1.22. The second-order valence-corrected chi connectivity index (χ2v) is 4.13. The standard InChI is InChI=1S/C13H18FNO/c1-10(9-15-2)3-8-13(16)11-4-6-12(14)7-5-11/h4-7,10,15H,3,8-9H2,1-2H3. The number of hydrogen-bond acceptors (Lipinski definition) is 2. The van der Waals surface area contributed by atoms with Crippen molar-refractivity contribution in [3.05, 3.63) is 35.6 Å². The van der Waals surface area contributed by atoms with Gasteiger partial charge in [0.2, 0.25) is 0 Å². The summed E-state index contributed by atoms with van der Waals surface area (Å²) < 4.78 is 12.6. The lowest BCUT2D eigenvalue weighted by atomic mass is 10.00. The normalized spacial score (nSPS) is 12.4. The van der Waals surface area contributed by atoms with Gasteiger partial charge in [0.1, 0.15) is 5.82 Å². The van der Waals surface area contributed by atoms with Crippen molar-refractivity contribution in [2.45, 2.75) is 19.8 Å². The van der Waals surface area contributed by atoms with Gasteiger partial charge in [-0.25, -0.2) is 4.39 Å². The Morgan fingerprint density at radius 2 is 2.00 bits per heavy atom. The summed E-state index contributed by atoms with van der Waals surface area (Å²) in [5.74, 6) is 0.262. The molecule has 1 aromatic carbocycles. The van der Waals surface area contributed by atoms with Crippen molar-refractivity contribution < 1.29 is 9.18 Å². The summed E-state index contributed by atoms with van der Waals surface area (Å²) in [6, 6.07) is 5.73. The maximum absolute atomic E-state index is 12.6. The molecule has 1 unspecified atom stereocenters. The van der Waals surface area contributed by atoms with E-state index in [4.69, 9.17) is 0 Å². The highest BCUT2D eigenvalue weighted by molar-refractivity contribution is 5.95. The lowest BCUT2D eigenvalue weighted by Crippen LogP contribution is -2.17. The topological polar surface area (TPSA) is 29.1 Å². The average molecular weight is 223 g/mol. The Bertz CT molecular complexity index is 334. The number of Topliss-reactive ketones (excluding diaryl/α,β-unsaturated/α-hetero) is 1. The minimum absolute atomic E-state index is 0.0861. The van der Waals surface area contributed by atoms with Crippen molar-refractivity contribution in [3.8, 4) is 0 Å². The van der Waals surface area contributed by atoms with E-state index in [1.807, 2.05) is 7.05 Å². The number of benzene rings is 1. The van der Waals surface area contributed by atoms with Gasteiger partial charge in [-0.3, -0.25) is 4.79 Å². The van der Waals surface area contributed by atoms with Crippen molar-refractivity contribution >= 4 is 5.78 Å². The maximum atomic E-state index is 12.6. The number of carbonyl (C=O) groups excluding carboxylic acids is 1. The summed E-state index contributed by atoms with van der Waals surface area (Å²) in [4.78, 5) is 11.7. The van der Waals surface area contributed by atoms with Crippen molar-refractivity contribution in [1.82, 2.24) is 5.32 Å². The summed E-state index contributed by atoms with van der Waals surface area (Å²) in [5.41, 5.74) is 0.595. The van der Waals surface area contributed by atoms with Crippen molar-refractivity contribution in [3.63, 3.8) is 0 Å². The van der Waals surface area contributed by atoms with Gasteiger partial charge < -0.3 is 5.32 Å². The van der Waals surface area contributed by atoms with Crippen molar-refractivity contribution in [1.29, 1.82) is 0 Å². The predicted octanol–water partition coefficient (Wildman–Crippen LogP) is 2.64. The molecule has 0 fully saturated rings. The third-order valence-electron chi connectivity index (χ3n) is 2.58. The molecule has 0 aliphatic carbocycles. The van der Waals surface area contributed by atoms with Crippen LogP contribution in [0.25, 0.3) is 0 Å². The van der Waals surface area contributed by atoms with Crippen molar-refractivity contribution in [2.24, 2.45) is 5.92 Å². The van der Waals surface area contributed by atoms with E-state index in [1.165, 1.54) is 12.1 Å². The van der Waals surface area contributed by atoms with E-state index < -0.39 is 0 Å². The van der Waals surface area contributed by atoms with Gasteiger partial charge in [-0.15, -0.1) is 0 Å². The number of halogens is 1. The lowest BCUT2D eigenvalue weighted by Gasteiger charge is -2.09. The van der Waals surface area contributed by atoms with Crippen LogP contribution in [0.1, 0.15) is 30.1 Å². The molecule has 0 heterocycles. The molecule has 16 heavy (non-hydrogen) atoms. The Morgan fingerprint density at radius 3 is 2.56 bits per heavy atom. The summed E-state index contributed by atoms with van der Waals surface area (Å²) in [6.07, 6.45) is 1.38. The summed E-state index contributed by atoms with van der Waals surface area (Å²) in [7, 11) is 1.90. The monoisotopic (exact) mass is 223 g/mol. The van der Waals surface area contributed by atoms with Crippen LogP contribution < -0.4 is 5.32 Å². The number of hydrogen-bond donors (Lipinski definition) is 1. The van der Waals surface area contributed by atoms with E-state index in [1.54, 1.807) is 12.1 Å². The predicted molar refractivity (Wildman–Crippen MR) is 63.1 cm³/mol. The highest BCUT2D eigenvalue weighted by Crippen LogP contribution is 2.11. The SMILES string of the molecule is CNCC(C)CCC(=O)c1ccc(F)cc1. The molecule has 1 atom stereocenters. The molecular formula is C13H18FNO. The first-order valence-corrected chi connectivity index (χ1v) is 5.57. The van der Waals surface area contributed by atoms with Crippen LogP contribution in [-0.4, -0.2) is 19.4 Å². The molecule has 0 radical (unpaired) electrons. The molecule has 3 heteroatoms. The average Bonchev–Trinajstić information content (AvgIpc) is 2.27. The molecule has 2 nitrogen and oxygen atoms in total. The third-order valence-corrected chi connectivity index (χ3v) is 2.58. The highest BCUT2D eigenvalue weighted by atomic mass is 19.1. The summed E-state index contributed by atoms with van der Waals surface area (Å²) in [5, 5.41) is 3.08. The molecule has 1 rings (SSSR count). The quantitative estimate of drug-likeness (QED) is 0.751. The smallest absolute Gasteiger partial charge is 0.162 e. The Kier molecular flexibility index (Phi) is 5.12. The van der Waals surface area contributed by atoms with Crippen LogP contribution in [0.5, 0.6) is 0 Å². The molecule has 88 valence electrons. The fourth-order valence-corrected chi connectivity index (χ4v) is 1.61. The van der Waals surface area contributed by atoms with E-state index in [0.717, 1.165) is 13.0 Å². The van der Waals surface area contributed by atoms with Gasteiger partial charge in [-0.2, -0.15) is 0 Å². The maximum Gasteiger partial charge on any atom is 0.162 e. The van der Waals surface area contributed by atoms with Gasteiger partial charge in [-0.1, -0.05) is 6.92 Å². The van der Waals surface area contributed by atoms with E-state index in [9.17, 15) is 9.18 Å². The molecule has 0 saturated carbocycles. The van der Waals surface area contributed by atoms with Crippen LogP contribution in [0.2, 0.25) is 0 Å². The zero-order valence-electron chi connectivity index (χ0n) is 9.79. The van der Waals surface area contributed by atoms with Crippen LogP contribution in [0.4, 0.5) is 4.39 Å². The molecule has 1 N–H and O–H groups in total. The second-order valence-electron chi connectivity index (χ2n) is 4.13. The van der Waals surface area contributed by atoms with Crippen LogP contribution >= 0.6 is 0 Å². The first-order chi connectivity index (χ1) is 7.63. The van der Waals surface area contributed by atoms with Crippen molar-refractivity contribution in [2.75, 3.05) is 13.6 Å². The first-order valence-electron chi connectivity index (χ1n) is 5.57. The molecule has 0 aliphatic rings. The minimum atomic E-state index is -0.305. The number of ketones is 1. The molecule has 0 aromatic heterocycles. The molecular weight excluding hydrogens is 205 g/mol.